The zero-order valence-corrected chi connectivity index (χ0v) is 18.2. The number of carbonyl (C=O) groups excluding carboxylic acids is 2. The molecule has 0 saturated carbocycles. The molecule has 0 aliphatic heterocycles. The number of ether oxygens (including phenoxy) is 2. The van der Waals surface area contributed by atoms with Gasteiger partial charge in [-0.1, -0.05) is 29.8 Å². The maximum absolute atomic E-state index is 13.0. The summed E-state index contributed by atoms with van der Waals surface area (Å²) < 4.78 is 10.7. The number of halogens is 1. The van der Waals surface area contributed by atoms with Crippen LogP contribution in [0, 0.1) is 6.92 Å². The van der Waals surface area contributed by atoms with Gasteiger partial charge < -0.3 is 14.8 Å². The van der Waals surface area contributed by atoms with Crippen molar-refractivity contribution in [2.75, 3.05) is 19.0 Å². The molecule has 1 heterocycles. The fourth-order valence-electron chi connectivity index (χ4n) is 3.93. The molecule has 0 fully saturated rings. The van der Waals surface area contributed by atoms with Crippen LogP contribution >= 0.6 is 11.6 Å². The van der Waals surface area contributed by atoms with Crippen LogP contribution in [-0.2, 0) is 22.4 Å². The lowest BCUT2D eigenvalue weighted by Gasteiger charge is -2.20. The first kappa shape index (κ1) is 21.1. The maximum atomic E-state index is 13.0. The Morgan fingerprint density at radius 2 is 1.94 bits per heavy atom. The zero-order chi connectivity index (χ0) is 22.0. The fourth-order valence-corrected chi connectivity index (χ4v) is 4.08. The second kappa shape index (κ2) is 8.94. The van der Waals surface area contributed by atoms with Crippen molar-refractivity contribution in [2.24, 2.45) is 0 Å². The molecular formula is C24H23ClN2O4. The monoisotopic (exact) mass is 438 g/mol. The summed E-state index contributed by atoms with van der Waals surface area (Å²) in [5, 5.41) is 4.01. The number of aryl methyl sites for hydroxylation is 2. The summed E-state index contributed by atoms with van der Waals surface area (Å²) in [6.07, 6.45) is 3.68. The molecule has 160 valence electrons. The largest absolute Gasteiger partial charge is 0.495 e. The highest BCUT2D eigenvalue weighted by Gasteiger charge is 2.24. The number of nitrogens with one attached hydrogen (secondary N) is 1. The van der Waals surface area contributed by atoms with Crippen molar-refractivity contribution in [3.8, 4) is 5.75 Å². The van der Waals surface area contributed by atoms with E-state index in [1.165, 1.54) is 7.11 Å². The second-order valence-corrected chi connectivity index (χ2v) is 7.97. The van der Waals surface area contributed by atoms with Crippen molar-refractivity contribution in [2.45, 2.75) is 32.6 Å². The van der Waals surface area contributed by atoms with Crippen LogP contribution in [0.25, 0.3) is 10.9 Å². The summed E-state index contributed by atoms with van der Waals surface area (Å²) in [7, 11) is 1.49. The van der Waals surface area contributed by atoms with Crippen LogP contribution in [0.4, 0.5) is 5.69 Å². The van der Waals surface area contributed by atoms with Gasteiger partial charge in [0.2, 0.25) is 0 Å². The van der Waals surface area contributed by atoms with Gasteiger partial charge in [-0.15, -0.1) is 0 Å². The molecule has 31 heavy (non-hydrogen) atoms. The number of methoxy groups -OCH3 is 1. The van der Waals surface area contributed by atoms with Crippen molar-refractivity contribution < 1.29 is 19.1 Å². The van der Waals surface area contributed by atoms with Crippen molar-refractivity contribution >= 4 is 40.1 Å². The Morgan fingerprint density at radius 3 is 2.74 bits per heavy atom. The molecule has 0 unspecified atom stereocenters. The molecule has 1 aliphatic carbocycles. The SMILES string of the molecule is COc1cc(Cl)c(C)cc1NC(=O)COC(=O)c1c2c(nc3ccccc13)CCCC2. The number of hydrogen-bond donors (Lipinski definition) is 1. The van der Waals surface area contributed by atoms with Crippen LogP contribution in [0.2, 0.25) is 5.02 Å². The molecular weight excluding hydrogens is 416 g/mol. The van der Waals surface area contributed by atoms with Gasteiger partial charge in [-0.2, -0.15) is 0 Å². The Morgan fingerprint density at radius 1 is 1.16 bits per heavy atom. The molecule has 0 saturated heterocycles. The van der Waals surface area contributed by atoms with Crippen molar-refractivity contribution in [3.63, 3.8) is 0 Å². The molecule has 6 nitrogen and oxygen atoms in total. The lowest BCUT2D eigenvalue weighted by atomic mass is 9.90. The third kappa shape index (κ3) is 4.35. The second-order valence-electron chi connectivity index (χ2n) is 7.56. The van der Waals surface area contributed by atoms with E-state index >= 15 is 0 Å². The summed E-state index contributed by atoms with van der Waals surface area (Å²) in [5.74, 6) is -0.531. The van der Waals surface area contributed by atoms with Crippen molar-refractivity contribution in [1.82, 2.24) is 4.98 Å². The van der Waals surface area contributed by atoms with E-state index in [0.717, 1.165) is 53.4 Å². The Bertz CT molecular complexity index is 1180. The third-order valence-electron chi connectivity index (χ3n) is 5.46. The van der Waals surface area contributed by atoms with Crippen LogP contribution in [0.5, 0.6) is 5.75 Å². The molecule has 1 amide bonds. The number of hydrogen-bond acceptors (Lipinski definition) is 5. The van der Waals surface area contributed by atoms with Crippen LogP contribution in [0.3, 0.4) is 0 Å². The molecule has 0 atom stereocenters. The number of anilines is 1. The Kier molecular flexibility index (Phi) is 6.09. The molecule has 3 aromatic rings. The Balaban J connectivity index is 1.54. The number of nitrogens with zero attached hydrogens (tertiary/aromatic N) is 1. The Labute approximate surface area is 185 Å². The van der Waals surface area contributed by atoms with Gasteiger partial charge in [-0.05, 0) is 55.9 Å². The highest BCUT2D eigenvalue weighted by Crippen LogP contribution is 2.31. The minimum Gasteiger partial charge on any atom is -0.495 e. The molecule has 7 heteroatoms. The van der Waals surface area contributed by atoms with E-state index in [0.29, 0.717) is 22.0 Å². The highest BCUT2D eigenvalue weighted by molar-refractivity contribution is 6.31. The number of rotatable bonds is 5. The molecule has 4 rings (SSSR count). The van der Waals surface area contributed by atoms with Crippen LogP contribution < -0.4 is 10.1 Å². The van der Waals surface area contributed by atoms with E-state index in [9.17, 15) is 9.59 Å². The quantitative estimate of drug-likeness (QED) is 0.574. The average molecular weight is 439 g/mol. The smallest absolute Gasteiger partial charge is 0.339 e. The standard InChI is InChI=1S/C24H23ClN2O4/c1-14-11-20(21(30-2)12-17(14)25)27-22(28)13-31-24(29)23-15-7-3-5-9-18(15)26-19-10-6-4-8-16(19)23/h3,5,7,9,11-12H,4,6,8,10,13H2,1-2H3,(H,27,28). The first-order valence-electron chi connectivity index (χ1n) is 10.2. The molecule has 0 radical (unpaired) electrons. The van der Waals surface area contributed by atoms with Gasteiger partial charge in [0.25, 0.3) is 5.91 Å². The van der Waals surface area contributed by atoms with E-state index in [-0.39, 0.29) is 0 Å². The van der Waals surface area contributed by atoms with Gasteiger partial charge in [0, 0.05) is 22.2 Å². The maximum Gasteiger partial charge on any atom is 0.339 e. The topological polar surface area (TPSA) is 77.5 Å². The summed E-state index contributed by atoms with van der Waals surface area (Å²) in [4.78, 5) is 30.2. The first-order chi connectivity index (χ1) is 15.0. The molecule has 1 N–H and O–H groups in total. The fraction of sp³-hybridized carbons (Fsp3) is 0.292. The molecule has 0 bridgehead atoms. The summed E-state index contributed by atoms with van der Waals surface area (Å²) >= 11 is 6.11. The van der Waals surface area contributed by atoms with Gasteiger partial charge in [0.1, 0.15) is 5.75 Å². The van der Waals surface area contributed by atoms with Crippen LogP contribution in [0.15, 0.2) is 36.4 Å². The van der Waals surface area contributed by atoms with Crippen molar-refractivity contribution in [3.05, 3.63) is 63.8 Å². The zero-order valence-electron chi connectivity index (χ0n) is 17.5. The van der Waals surface area contributed by atoms with E-state index in [4.69, 9.17) is 26.1 Å². The normalized spacial score (nSPS) is 12.9. The molecule has 2 aromatic carbocycles. The minimum atomic E-state index is -0.508. The predicted octanol–water partition coefficient (Wildman–Crippen LogP) is 4.88. The number of para-hydroxylation sites is 1. The van der Waals surface area contributed by atoms with Gasteiger partial charge in [0.05, 0.1) is 23.9 Å². The lowest BCUT2D eigenvalue weighted by Crippen LogP contribution is -2.23. The number of benzene rings is 2. The number of esters is 1. The third-order valence-corrected chi connectivity index (χ3v) is 5.87. The van der Waals surface area contributed by atoms with Crippen LogP contribution in [0.1, 0.15) is 40.0 Å². The van der Waals surface area contributed by atoms with Gasteiger partial charge in [0.15, 0.2) is 6.61 Å². The van der Waals surface area contributed by atoms with Gasteiger partial charge in [-0.3, -0.25) is 9.78 Å². The molecule has 0 spiro atoms. The average Bonchev–Trinajstić information content (AvgIpc) is 2.78. The van der Waals surface area contributed by atoms with E-state index < -0.39 is 18.5 Å². The van der Waals surface area contributed by atoms with Crippen molar-refractivity contribution in [1.29, 1.82) is 0 Å². The summed E-state index contributed by atoms with van der Waals surface area (Å²) in [5.41, 5.74) is 4.43. The van der Waals surface area contributed by atoms with E-state index in [1.54, 1.807) is 12.1 Å². The minimum absolute atomic E-state index is 0.408. The number of amides is 1. The van der Waals surface area contributed by atoms with E-state index in [2.05, 4.69) is 5.32 Å². The van der Waals surface area contributed by atoms with E-state index in [1.807, 2.05) is 31.2 Å². The summed E-state index contributed by atoms with van der Waals surface area (Å²) in [6, 6.07) is 10.9. The van der Waals surface area contributed by atoms with Gasteiger partial charge >= 0.3 is 5.97 Å². The molecule has 1 aliphatic rings. The summed E-state index contributed by atoms with van der Waals surface area (Å²) in [6.45, 7) is 1.42. The lowest BCUT2D eigenvalue weighted by molar-refractivity contribution is -0.119. The van der Waals surface area contributed by atoms with Gasteiger partial charge in [-0.25, -0.2) is 4.79 Å². The highest BCUT2D eigenvalue weighted by atomic mass is 35.5. The number of fused-ring (bicyclic) bond motifs is 2. The van der Waals surface area contributed by atoms with Crippen LogP contribution in [-0.4, -0.2) is 30.6 Å². The predicted molar refractivity (Wildman–Crippen MR) is 120 cm³/mol. The number of pyridine rings is 1. The Hall–Kier alpha value is -3.12. The molecule has 1 aromatic heterocycles. The number of carbonyl (C=O) groups is 2. The number of aromatic nitrogens is 1. The first-order valence-corrected chi connectivity index (χ1v) is 10.6.